The molecule has 0 unspecified atom stereocenters. The number of carbonyl (C=O) groups is 1. The van der Waals surface area contributed by atoms with Gasteiger partial charge in [0.1, 0.15) is 0 Å². The summed E-state index contributed by atoms with van der Waals surface area (Å²) in [6.45, 7) is 2.76. The number of piperazine rings is 1. The lowest BCUT2D eigenvalue weighted by molar-refractivity contribution is -0.138. The predicted molar refractivity (Wildman–Crippen MR) is 106 cm³/mol. The average Bonchev–Trinajstić information content (AvgIpc) is 3.29. The van der Waals surface area contributed by atoms with E-state index in [9.17, 15) is 18.0 Å². The molecule has 0 atom stereocenters. The third kappa shape index (κ3) is 4.38. The van der Waals surface area contributed by atoms with E-state index in [0.717, 1.165) is 23.9 Å². The van der Waals surface area contributed by atoms with Crippen LogP contribution in [0.2, 0.25) is 0 Å². The average molecular weight is 414 g/mol. The number of carbonyl (C=O) groups excluding carboxylic acids is 1. The third-order valence-corrected chi connectivity index (χ3v) is 5.27. The van der Waals surface area contributed by atoms with E-state index < -0.39 is 17.6 Å². The first-order valence-corrected chi connectivity index (χ1v) is 9.67. The number of nitrogens with zero attached hydrogens (tertiary/aromatic N) is 4. The minimum Gasteiger partial charge on any atom is -0.336 e. The molecule has 1 saturated heterocycles. The molecule has 1 aliphatic heterocycles. The fourth-order valence-corrected chi connectivity index (χ4v) is 3.64. The van der Waals surface area contributed by atoms with E-state index in [0.29, 0.717) is 26.2 Å². The van der Waals surface area contributed by atoms with Gasteiger partial charge < -0.3 is 9.47 Å². The summed E-state index contributed by atoms with van der Waals surface area (Å²) < 4.78 is 41.6. The van der Waals surface area contributed by atoms with Crippen LogP contribution in [-0.2, 0) is 12.7 Å². The molecule has 0 aliphatic carbocycles. The van der Waals surface area contributed by atoms with Crippen molar-refractivity contribution >= 4 is 5.91 Å². The van der Waals surface area contributed by atoms with Crippen molar-refractivity contribution in [3.05, 3.63) is 83.9 Å². The van der Waals surface area contributed by atoms with Crippen molar-refractivity contribution in [1.82, 2.24) is 19.4 Å². The molecule has 4 rings (SSSR count). The van der Waals surface area contributed by atoms with Gasteiger partial charge in [-0.2, -0.15) is 13.2 Å². The van der Waals surface area contributed by atoms with E-state index in [4.69, 9.17) is 0 Å². The number of aromatic nitrogens is 2. The maximum Gasteiger partial charge on any atom is 0.417 e. The Morgan fingerprint density at radius 2 is 1.67 bits per heavy atom. The van der Waals surface area contributed by atoms with Gasteiger partial charge in [0.15, 0.2) is 0 Å². The normalized spacial score (nSPS) is 15.4. The van der Waals surface area contributed by atoms with Crippen LogP contribution < -0.4 is 0 Å². The van der Waals surface area contributed by atoms with Gasteiger partial charge in [-0.25, -0.2) is 4.98 Å². The molecule has 1 aliphatic rings. The Labute approximate surface area is 172 Å². The highest BCUT2D eigenvalue weighted by Gasteiger charge is 2.36. The number of halogens is 3. The zero-order valence-electron chi connectivity index (χ0n) is 16.2. The number of alkyl halides is 3. The zero-order chi connectivity index (χ0) is 21.1. The van der Waals surface area contributed by atoms with Gasteiger partial charge in [0.25, 0.3) is 5.91 Å². The molecule has 8 heteroatoms. The van der Waals surface area contributed by atoms with Gasteiger partial charge >= 0.3 is 6.18 Å². The van der Waals surface area contributed by atoms with E-state index in [-0.39, 0.29) is 5.56 Å². The van der Waals surface area contributed by atoms with E-state index in [1.807, 2.05) is 35.0 Å². The minimum absolute atomic E-state index is 0.284. The van der Waals surface area contributed by atoms with E-state index in [1.165, 1.54) is 23.1 Å². The van der Waals surface area contributed by atoms with Crippen molar-refractivity contribution in [3.63, 3.8) is 0 Å². The highest BCUT2D eigenvalue weighted by Crippen LogP contribution is 2.32. The first-order valence-electron chi connectivity index (χ1n) is 9.67. The SMILES string of the molecule is O=C(c1ccccc1C(F)(F)F)N1CCN(Cc2ccc(-n3ccnc3)cc2)CC1. The van der Waals surface area contributed by atoms with Gasteiger partial charge in [-0.05, 0) is 29.8 Å². The first kappa shape index (κ1) is 20.2. The van der Waals surface area contributed by atoms with Crippen LogP contribution in [0.15, 0.2) is 67.3 Å². The lowest BCUT2D eigenvalue weighted by Crippen LogP contribution is -2.48. The predicted octanol–water partition coefficient (Wildman–Crippen LogP) is 3.85. The van der Waals surface area contributed by atoms with E-state index in [2.05, 4.69) is 9.88 Å². The molecular formula is C22H21F3N4O. The maximum atomic E-state index is 13.2. The van der Waals surface area contributed by atoms with Crippen LogP contribution in [-0.4, -0.2) is 51.4 Å². The van der Waals surface area contributed by atoms with Gasteiger partial charge in [-0.15, -0.1) is 0 Å². The molecule has 156 valence electrons. The zero-order valence-corrected chi connectivity index (χ0v) is 16.2. The molecule has 0 spiro atoms. The summed E-state index contributed by atoms with van der Waals surface area (Å²) >= 11 is 0. The van der Waals surface area contributed by atoms with Crippen molar-refractivity contribution < 1.29 is 18.0 Å². The Morgan fingerprint density at radius 1 is 0.967 bits per heavy atom. The fraction of sp³-hybridized carbons (Fsp3) is 0.273. The number of benzene rings is 2. The number of imidazole rings is 1. The van der Waals surface area contributed by atoms with Crippen LogP contribution in [0, 0.1) is 0 Å². The standard InChI is InChI=1S/C22H21F3N4O/c23-22(24,25)20-4-2-1-3-19(20)21(30)28-13-11-27(12-14-28)15-17-5-7-18(8-6-17)29-10-9-26-16-29/h1-10,16H,11-15H2. The Morgan fingerprint density at radius 3 is 2.30 bits per heavy atom. The lowest BCUT2D eigenvalue weighted by atomic mass is 10.1. The molecule has 1 fully saturated rings. The number of hydrogen-bond donors (Lipinski definition) is 0. The molecule has 0 radical (unpaired) electrons. The number of rotatable bonds is 4. The Hall–Kier alpha value is -3.13. The van der Waals surface area contributed by atoms with Crippen molar-refractivity contribution in [3.8, 4) is 5.69 Å². The van der Waals surface area contributed by atoms with Gasteiger partial charge in [-0.3, -0.25) is 9.69 Å². The minimum atomic E-state index is -4.54. The molecule has 30 heavy (non-hydrogen) atoms. The van der Waals surface area contributed by atoms with Crippen LogP contribution in [0.5, 0.6) is 0 Å². The lowest BCUT2D eigenvalue weighted by Gasteiger charge is -2.35. The summed E-state index contributed by atoms with van der Waals surface area (Å²) in [4.78, 5) is 20.4. The molecule has 1 amide bonds. The molecule has 0 bridgehead atoms. The van der Waals surface area contributed by atoms with Gasteiger partial charge in [0, 0.05) is 50.8 Å². The summed E-state index contributed by atoms with van der Waals surface area (Å²) in [6, 6.07) is 13.1. The van der Waals surface area contributed by atoms with Crippen LogP contribution >= 0.6 is 0 Å². The molecule has 5 nitrogen and oxygen atoms in total. The topological polar surface area (TPSA) is 41.4 Å². The molecule has 0 N–H and O–H groups in total. The second-order valence-corrected chi connectivity index (χ2v) is 7.25. The Kier molecular flexibility index (Phi) is 5.59. The summed E-state index contributed by atoms with van der Waals surface area (Å²) in [5.41, 5.74) is 1.00. The van der Waals surface area contributed by atoms with Gasteiger partial charge in [0.05, 0.1) is 17.5 Å². The summed E-state index contributed by atoms with van der Waals surface area (Å²) in [5.74, 6) is -0.563. The van der Waals surface area contributed by atoms with E-state index >= 15 is 0 Å². The number of amides is 1. The Bertz CT molecular complexity index is 992. The van der Waals surface area contributed by atoms with Crippen LogP contribution in [0.3, 0.4) is 0 Å². The Balaban J connectivity index is 1.36. The highest BCUT2D eigenvalue weighted by molar-refractivity contribution is 5.96. The van der Waals surface area contributed by atoms with Crippen molar-refractivity contribution in [2.75, 3.05) is 26.2 Å². The van der Waals surface area contributed by atoms with Crippen LogP contribution in [0.25, 0.3) is 5.69 Å². The van der Waals surface area contributed by atoms with Crippen LogP contribution in [0.1, 0.15) is 21.5 Å². The third-order valence-electron chi connectivity index (χ3n) is 5.27. The molecular weight excluding hydrogens is 393 g/mol. The van der Waals surface area contributed by atoms with Crippen molar-refractivity contribution in [2.24, 2.45) is 0 Å². The molecule has 3 aromatic rings. The van der Waals surface area contributed by atoms with Gasteiger partial charge in [0.2, 0.25) is 0 Å². The largest absolute Gasteiger partial charge is 0.417 e. The van der Waals surface area contributed by atoms with Gasteiger partial charge in [-0.1, -0.05) is 24.3 Å². The summed E-state index contributed by atoms with van der Waals surface area (Å²) in [5, 5.41) is 0. The fourth-order valence-electron chi connectivity index (χ4n) is 3.64. The van der Waals surface area contributed by atoms with E-state index in [1.54, 1.807) is 12.5 Å². The van der Waals surface area contributed by atoms with Crippen molar-refractivity contribution in [2.45, 2.75) is 12.7 Å². The summed E-state index contributed by atoms with van der Waals surface area (Å²) in [7, 11) is 0. The quantitative estimate of drug-likeness (QED) is 0.651. The maximum absolute atomic E-state index is 13.2. The second kappa shape index (κ2) is 8.31. The smallest absolute Gasteiger partial charge is 0.336 e. The monoisotopic (exact) mass is 414 g/mol. The van der Waals surface area contributed by atoms with Crippen molar-refractivity contribution in [1.29, 1.82) is 0 Å². The molecule has 2 heterocycles. The molecule has 0 saturated carbocycles. The molecule has 2 aromatic carbocycles. The second-order valence-electron chi connectivity index (χ2n) is 7.25. The summed E-state index contributed by atoms with van der Waals surface area (Å²) in [6.07, 6.45) is 0.795. The number of hydrogen-bond acceptors (Lipinski definition) is 3. The first-order chi connectivity index (χ1) is 14.4. The highest BCUT2D eigenvalue weighted by atomic mass is 19.4. The molecule has 1 aromatic heterocycles. The van der Waals surface area contributed by atoms with Crippen LogP contribution in [0.4, 0.5) is 13.2 Å².